The van der Waals surface area contributed by atoms with Gasteiger partial charge in [0, 0.05) is 12.1 Å². The molecule has 2 aromatic carbocycles. The van der Waals surface area contributed by atoms with Crippen LogP contribution in [0.4, 0.5) is 10.5 Å². The lowest BCUT2D eigenvalue weighted by Gasteiger charge is -2.50. The summed E-state index contributed by atoms with van der Waals surface area (Å²) in [5.74, 6) is -3.88. The third kappa shape index (κ3) is 6.97. The largest absolute Gasteiger partial charge is 0.478 e. The molecule has 4 rings (SSSR count). The number of ether oxygens (including phenoxy) is 2. The number of amides is 3. The highest BCUT2D eigenvalue weighted by molar-refractivity contribution is 6.07. The summed E-state index contributed by atoms with van der Waals surface area (Å²) >= 11 is 0. The molecule has 43 heavy (non-hydrogen) atoms. The average Bonchev–Trinajstić information content (AvgIpc) is 2.96. The molecule has 0 aromatic heterocycles. The van der Waals surface area contributed by atoms with Gasteiger partial charge in [0.2, 0.25) is 5.91 Å². The number of fused-ring (bicyclic) bond motifs is 1. The van der Waals surface area contributed by atoms with Crippen LogP contribution < -0.4 is 10.6 Å². The third-order valence-corrected chi connectivity index (χ3v) is 6.76. The number of benzene rings is 2. The molecule has 0 spiro atoms. The van der Waals surface area contributed by atoms with Gasteiger partial charge < -0.3 is 25.2 Å². The maximum absolute atomic E-state index is 13.4. The van der Waals surface area contributed by atoms with Crippen molar-refractivity contribution in [1.82, 2.24) is 15.5 Å². The van der Waals surface area contributed by atoms with E-state index in [0.717, 1.165) is 4.90 Å². The number of nitro groups is 1. The van der Waals surface area contributed by atoms with Gasteiger partial charge in [0.25, 0.3) is 11.6 Å². The molecular formula is C29H30N4O10. The Kier molecular flexibility index (Phi) is 8.78. The highest BCUT2D eigenvalue weighted by Crippen LogP contribution is 2.37. The molecule has 3 N–H and O–H groups in total. The molecule has 14 nitrogen and oxygen atoms in total. The highest BCUT2D eigenvalue weighted by Gasteiger charge is 2.55. The molecule has 1 fully saturated rings. The summed E-state index contributed by atoms with van der Waals surface area (Å²) < 4.78 is 10.6. The number of carboxylic acid groups (broad SMARTS) is 1. The number of aliphatic carboxylic acids is 1. The zero-order valence-electron chi connectivity index (χ0n) is 23.6. The summed E-state index contributed by atoms with van der Waals surface area (Å²) in [4.78, 5) is 75.4. The van der Waals surface area contributed by atoms with E-state index in [1.807, 2.05) is 0 Å². The monoisotopic (exact) mass is 594 g/mol. The number of nitrogens with zero attached hydrogens (tertiary/aromatic N) is 2. The Labute approximate surface area is 245 Å². The summed E-state index contributed by atoms with van der Waals surface area (Å²) in [6.07, 6.45) is -0.772. The second-order valence-electron chi connectivity index (χ2n) is 10.9. The van der Waals surface area contributed by atoms with Gasteiger partial charge in [-0.2, -0.15) is 0 Å². The predicted octanol–water partition coefficient (Wildman–Crippen LogP) is 2.73. The number of carbonyl (C=O) groups is 5. The molecule has 0 unspecified atom stereocenters. The molecule has 0 bridgehead atoms. The molecule has 14 heteroatoms. The molecule has 2 aliphatic heterocycles. The van der Waals surface area contributed by atoms with Crippen molar-refractivity contribution < 1.29 is 43.5 Å². The van der Waals surface area contributed by atoms with Gasteiger partial charge in [-0.05, 0) is 56.9 Å². The van der Waals surface area contributed by atoms with Gasteiger partial charge in [0.1, 0.15) is 30.0 Å². The molecular weight excluding hydrogens is 564 g/mol. The SMILES string of the molecule is CC(C)(C)OC(=O)N[C@@H](C(=O)N[C@@H]1C(=O)N2C(C(=O)OCc3ccc([N+](=O)[O-])cc3)=C(C(=O)O)CC[C@H]12)c1ccccc1. The first kappa shape index (κ1) is 30.7. The number of nitro benzene ring substituents is 1. The molecule has 2 aromatic rings. The van der Waals surface area contributed by atoms with Gasteiger partial charge in [-0.1, -0.05) is 30.3 Å². The summed E-state index contributed by atoms with van der Waals surface area (Å²) in [6, 6.07) is 10.5. The molecule has 3 amide bonds. The second-order valence-corrected chi connectivity index (χ2v) is 10.9. The quantitative estimate of drug-likeness (QED) is 0.168. The molecule has 1 saturated heterocycles. The maximum atomic E-state index is 13.4. The van der Waals surface area contributed by atoms with E-state index in [1.54, 1.807) is 51.1 Å². The Balaban J connectivity index is 1.49. The van der Waals surface area contributed by atoms with Gasteiger partial charge in [-0.25, -0.2) is 14.4 Å². The summed E-state index contributed by atoms with van der Waals surface area (Å²) in [5, 5.41) is 25.7. The molecule has 2 aliphatic rings. The molecule has 3 atom stereocenters. The van der Waals surface area contributed by atoms with E-state index in [9.17, 15) is 39.2 Å². The Morgan fingerprint density at radius 3 is 2.33 bits per heavy atom. The number of esters is 1. The van der Waals surface area contributed by atoms with Crippen molar-refractivity contribution in [2.24, 2.45) is 0 Å². The van der Waals surface area contributed by atoms with Crippen molar-refractivity contribution in [1.29, 1.82) is 0 Å². The number of β-lactam (4-membered cyclic amide) rings is 1. The number of carboxylic acids is 1. The standard InChI is InChI=1S/C29H30N4O10/c1-29(2,3)43-28(39)31-21(17-7-5-4-6-8-17)24(34)30-22-20-14-13-19(26(36)37)23(32(20)25(22)35)27(38)42-15-16-9-11-18(12-10-16)33(40)41/h4-12,20-22H,13-15H2,1-3H3,(H,30,34)(H,31,39)(H,36,37)/t20-,21-,22+/m1/s1. The number of non-ortho nitro benzene ring substituents is 1. The Bertz CT molecular complexity index is 1480. The first-order chi connectivity index (χ1) is 20.3. The van der Waals surface area contributed by atoms with Gasteiger partial charge in [0.15, 0.2) is 0 Å². The van der Waals surface area contributed by atoms with Gasteiger partial charge in [0.05, 0.1) is 16.5 Å². The van der Waals surface area contributed by atoms with Crippen LogP contribution >= 0.6 is 0 Å². The fraction of sp³-hybridized carbons (Fsp3) is 0.345. The van der Waals surface area contributed by atoms with Gasteiger partial charge in [-0.3, -0.25) is 24.6 Å². The van der Waals surface area contributed by atoms with E-state index in [-0.39, 0.29) is 30.7 Å². The van der Waals surface area contributed by atoms with Crippen LogP contribution in [-0.2, 0) is 35.3 Å². The normalized spacial score (nSPS) is 18.5. The van der Waals surface area contributed by atoms with Gasteiger partial charge in [-0.15, -0.1) is 0 Å². The Morgan fingerprint density at radius 2 is 1.74 bits per heavy atom. The van der Waals surface area contributed by atoms with Crippen molar-refractivity contribution in [3.63, 3.8) is 0 Å². The lowest BCUT2D eigenvalue weighted by Crippen LogP contribution is -2.72. The van der Waals surface area contributed by atoms with Crippen molar-refractivity contribution >= 4 is 35.5 Å². The van der Waals surface area contributed by atoms with Crippen LogP contribution in [0.15, 0.2) is 65.9 Å². The summed E-state index contributed by atoms with van der Waals surface area (Å²) in [6.45, 7) is 4.68. The first-order valence-electron chi connectivity index (χ1n) is 13.3. The lowest BCUT2D eigenvalue weighted by atomic mass is 9.83. The highest BCUT2D eigenvalue weighted by atomic mass is 16.6. The van der Waals surface area contributed by atoms with Crippen LogP contribution in [0.2, 0.25) is 0 Å². The number of alkyl carbamates (subject to hydrolysis) is 1. The fourth-order valence-electron chi connectivity index (χ4n) is 4.80. The average molecular weight is 595 g/mol. The van der Waals surface area contributed by atoms with E-state index in [2.05, 4.69) is 10.6 Å². The van der Waals surface area contributed by atoms with E-state index >= 15 is 0 Å². The van der Waals surface area contributed by atoms with Crippen LogP contribution in [0.3, 0.4) is 0 Å². The Hall–Kier alpha value is -5.27. The smallest absolute Gasteiger partial charge is 0.408 e. The number of rotatable bonds is 9. The summed E-state index contributed by atoms with van der Waals surface area (Å²) in [7, 11) is 0. The minimum absolute atomic E-state index is 0.0730. The van der Waals surface area contributed by atoms with Crippen LogP contribution in [0.25, 0.3) is 0 Å². The molecule has 0 aliphatic carbocycles. The van der Waals surface area contributed by atoms with Crippen molar-refractivity contribution in [2.75, 3.05) is 0 Å². The van der Waals surface area contributed by atoms with E-state index in [1.165, 1.54) is 24.3 Å². The number of nitrogens with one attached hydrogen (secondary N) is 2. The zero-order valence-corrected chi connectivity index (χ0v) is 23.6. The topological polar surface area (TPSA) is 194 Å². The molecule has 0 saturated carbocycles. The van der Waals surface area contributed by atoms with E-state index in [4.69, 9.17) is 9.47 Å². The van der Waals surface area contributed by atoms with E-state index < -0.39 is 64.2 Å². The fourth-order valence-corrected chi connectivity index (χ4v) is 4.80. The van der Waals surface area contributed by atoms with Crippen LogP contribution in [0.1, 0.15) is 50.8 Å². The number of hydrogen-bond acceptors (Lipinski definition) is 9. The summed E-state index contributed by atoms with van der Waals surface area (Å²) in [5.41, 5.74) is -0.887. The molecule has 226 valence electrons. The van der Waals surface area contributed by atoms with E-state index in [0.29, 0.717) is 11.1 Å². The van der Waals surface area contributed by atoms with Gasteiger partial charge >= 0.3 is 18.0 Å². The lowest BCUT2D eigenvalue weighted by molar-refractivity contribution is -0.384. The Morgan fingerprint density at radius 1 is 1.09 bits per heavy atom. The third-order valence-electron chi connectivity index (χ3n) is 6.76. The molecule has 0 radical (unpaired) electrons. The predicted molar refractivity (Wildman–Crippen MR) is 148 cm³/mol. The molecule has 2 heterocycles. The van der Waals surface area contributed by atoms with Crippen LogP contribution in [0.5, 0.6) is 0 Å². The number of hydrogen-bond donors (Lipinski definition) is 3. The second kappa shape index (κ2) is 12.3. The van der Waals surface area contributed by atoms with Crippen LogP contribution in [0, 0.1) is 10.1 Å². The van der Waals surface area contributed by atoms with Crippen molar-refractivity contribution in [3.8, 4) is 0 Å². The maximum Gasteiger partial charge on any atom is 0.408 e. The van der Waals surface area contributed by atoms with Crippen molar-refractivity contribution in [2.45, 2.75) is 63.9 Å². The zero-order chi connectivity index (χ0) is 31.5. The minimum atomic E-state index is -1.40. The minimum Gasteiger partial charge on any atom is -0.478 e. The first-order valence-corrected chi connectivity index (χ1v) is 13.3. The van der Waals surface area contributed by atoms with Crippen LogP contribution in [-0.4, -0.2) is 62.5 Å². The van der Waals surface area contributed by atoms with Crippen molar-refractivity contribution in [3.05, 3.63) is 87.1 Å². The number of carbonyl (C=O) groups excluding carboxylic acids is 4.